The molecule has 0 saturated carbocycles. The van der Waals surface area contributed by atoms with Crippen LogP contribution in [0.15, 0.2) is 65.9 Å². The fraction of sp³-hybridized carbons (Fsp3) is 0. The summed E-state index contributed by atoms with van der Waals surface area (Å²) in [6.45, 7) is 0. The van der Waals surface area contributed by atoms with Gasteiger partial charge in [0.1, 0.15) is 11.2 Å². The van der Waals surface area contributed by atoms with Gasteiger partial charge in [0.2, 0.25) is 0 Å². The Kier molecular flexibility index (Phi) is 3.50. The number of hydrogen-bond donors (Lipinski definition) is 2. The van der Waals surface area contributed by atoms with Crippen LogP contribution in [-0.2, 0) is 0 Å². The first-order chi connectivity index (χ1) is 14.4. The van der Waals surface area contributed by atoms with Crippen molar-refractivity contribution in [2.24, 2.45) is 0 Å². The van der Waals surface area contributed by atoms with Gasteiger partial charge in [-0.25, -0.2) is 4.98 Å². The molecule has 0 aliphatic rings. The van der Waals surface area contributed by atoms with Crippen molar-refractivity contribution in [3.8, 4) is 34.0 Å². The molecule has 6 aromatic heterocycles. The lowest BCUT2D eigenvalue weighted by Gasteiger charge is -2.00. The molecule has 138 valence electrons. The van der Waals surface area contributed by atoms with E-state index >= 15 is 0 Å². The van der Waals surface area contributed by atoms with Gasteiger partial charge in [-0.2, -0.15) is 16.4 Å². The number of thiophene rings is 1. The number of hydrogen-bond acceptors (Lipinski definition) is 6. The van der Waals surface area contributed by atoms with Crippen LogP contribution in [0, 0.1) is 0 Å². The van der Waals surface area contributed by atoms with Crippen LogP contribution in [0.5, 0.6) is 0 Å². The molecule has 6 aromatic rings. The summed E-state index contributed by atoms with van der Waals surface area (Å²) >= 11 is 1.64. The third kappa shape index (κ3) is 2.61. The summed E-state index contributed by atoms with van der Waals surface area (Å²) in [4.78, 5) is 21.5. The molecule has 0 unspecified atom stereocenters. The van der Waals surface area contributed by atoms with Gasteiger partial charge in [-0.15, -0.1) is 0 Å². The molecule has 6 rings (SSSR count). The maximum absolute atomic E-state index is 4.83. The van der Waals surface area contributed by atoms with E-state index in [4.69, 9.17) is 4.98 Å². The van der Waals surface area contributed by atoms with Crippen LogP contribution >= 0.6 is 11.3 Å². The Bertz CT molecular complexity index is 1450. The number of fused-ring (bicyclic) bond motifs is 2. The molecule has 6 heterocycles. The van der Waals surface area contributed by atoms with Crippen molar-refractivity contribution >= 4 is 33.3 Å². The van der Waals surface area contributed by atoms with Gasteiger partial charge in [0, 0.05) is 40.5 Å². The van der Waals surface area contributed by atoms with Gasteiger partial charge in [-0.05, 0) is 35.7 Å². The lowest BCUT2D eigenvalue weighted by molar-refractivity contribution is 1.10. The van der Waals surface area contributed by atoms with Crippen LogP contribution in [0.2, 0.25) is 0 Å². The van der Waals surface area contributed by atoms with E-state index < -0.39 is 0 Å². The summed E-state index contributed by atoms with van der Waals surface area (Å²) < 4.78 is 0. The van der Waals surface area contributed by atoms with Crippen LogP contribution in [-0.4, -0.2) is 35.1 Å². The Balaban J connectivity index is 1.53. The third-order valence-corrected chi connectivity index (χ3v) is 5.51. The number of nitrogens with zero attached hydrogens (tertiary/aromatic N) is 5. The standard InChI is InChI=1S/C21H13N7S/c1-2-12(9-22-5-1)16-8-14-17(10-24-16)27-28-19(14)21-25-15-3-6-23-18(20(15)26-21)13-4-7-29-11-13/h1-11H,(H,25,26)(H,27,28). The number of aromatic amines is 2. The largest absolute Gasteiger partial charge is 0.336 e. The highest BCUT2D eigenvalue weighted by Gasteiger charge is 2.16. The first kappa shape index (κ1) is 16.1. The third-order valence-electron chi connectivity index (χ3n) is 4.82. The van der Waals surface area contributed by atoms with Crippen molar-refractivity contribution in [3.63, 3.8) is 0 Å². The average Bonchev–Trinajstić information content (AvgIpc) is 3.52. The molecule has 0 aliphatic heterocycles. The Morgan fingerprint density at radius 1 is 0.897 bits per heavy atom. The van der Waals surface area contributed by atoms with Gasteiger partial charge in [-0.3, -0.25) is 20.1 Å². The molecule has 0 saturated heterocycles. The molecule has 0 radical (unpaired) electrons. The Hall–Kier alpha value is -3.91. The average molecular weight is 395 g/mol. The fourth-order valence-corrected chi connectivity index (χ4v) is 4.07. The summed E-state index contributed by atoms with van der Waals surface area (Å²) in [7, 11) is 0. The summed E-state index contributed by atoms with van der Waals surface area (Å²) in [5.41, 5.74) is 7.08. The summed E-state index contributed by atoms with van der Waals surface area (Å²) in [5, 5.41) is 12.6. The van der Waals surface area contributed by atoms with Crippen molar-refractivity contribution in [1.29, 1.82) is 0 Å². The Morgan fingerprint density at radius 3 is 2.76 bits per heavy atom. The van der Waals surface area contributed by atoms with E-state index in [0.717, 1.165) is 50.1 Å². The van der Waals surface area contributed by atoms with Crippen LogP contribution in [0.3, 0.4) is 0 Å². The first-order valence-electron chi connectivity index (χ1n) is 8.99. The van der Waals surface area contributed by atoms with E-state index in [1.807, 2.05) is 29.6 Å². The molecule has 0 fully saturated rings. The van der Waals surface area contributed by atoms with Crippen LogP contribution in [0.4, 0.5) is 0 Å². The maximum Gasteiger partial charge on any atom is 0.159 e. The molecular weight excluding hydrogens is 382 g/mol. The smallest absolute Gasteiger partial charge is 0.159 e. The summed E-state index contributed by atoms with van der Waals surface area (Å²) in [6.07, 6.45) is 7.13. The van der Waals surface area contributed by atoms with Gasteiger partial charge in [0.05, 0.1) is 28.6 Å². The Labute approximate surface area is 168 Å². The number of H-pyrrole nitrogens is 2. The zero-order chi connectivity index (χ0) is 19.2. The molecule has 8 heteroatoms. The minimum absolute atomic E-state index is 0.694. The maximum atomic E-state index is 4.83. The monoisotopic (exact) mass is 395 g/mol. The molecule has 7 nitrogen and oxygen atoms in total. The van der Waals surface area contributed by atoms with Gasteiger partial charge in [-0.1, -0.05) is 0 Å². The summed E-state index contributed by atoms with van der Waals surface area (Å²) in [6, 6.07) is 9.88. The van der Waals surface area contributed by atoms with E-state index in [2.05, 4.69) is 41.6 Å². The zero-order valence-electron chi connectivity index (χ0n) is 15.0. The topological polar surface area (TPSA) is 96.0 Å². The normalized spacial score (nSPS) is 11.4. The van der Waals surface area contributed by atoms with Crippen LogP contribution < -0.4 is 0 Å². The predicted octanol–water partition coefficient (Wildman–Crippen LogP) is 4.69. The number of imidazole rings is 1. The number of nitrogens with one attached hydrogen (secondary N) is 2. The van der Waals surface area contributed by atoms with E-state index in [1.165, 1.54) is 0 Å². The van der Waals surface area contributed by atoms with Gasteiger partial charge < -0.3 is 4.98 Å². The SMILES string of the molecule is c1cncc(-c2cc3c(-c4nc5c(-c6ccsc6)nccc5[nH]4)n[nH]c3cn2)c1. The molecule has 0 bridgehead atoms. The molecule has 0 aliphatic carbocycles. The number of rotatable bonds is 3. The molecule has 0 amide bonds. The molecule has 0 aromatic carbocycles. The van der Waals surface area contributed by atoms with Crippen molar-refractivity contribution in [2.75, 3.05) is 0 Å². The van der Waals surface area contributed by atoms with Crippen molar-refractivity contribution in [2.45, 2.75) is 0 Å². The highest BCUT2D eigenvalue weighted by Crippen LogP contribution is 2.31. The molecule has 29 heavy (non-hydrogen) atoms. The number of aromatic nitrogens is 7. The second-order valence-electron chi connectivity index (χ2n) is 6.58. The summed E-state index contributed by atoms with van der Waals surface area (Å²) in [5.74, 6) is 0.694. The molecule has 0 atom stereocenters. The van der Waals surface area contributed by atoms with Gasteiger partial charge in [0.25, 0.3) is 0 Å². The predicted molar refractivity (Wildman–Crippen MR) is 113 cm³/mol. The fourth-order valence-electron chi connectivity index (χ4n) is 3.43. The minimum atomic E-state index is 0.694. The van der Waals surface area contributed by atoms with Crippen molar-refractivity contribution < 1.29 is 0 Å². The first-order valence-corrected chi connectivity index (χ1v) is 9.93. The van der Waals surface area contributed by atoms with Gasteiger partial charge >= 0.3 is 0 Å². The zero-order valence-corrected chi connectivity index (χ0v) is 15.8. The highest BCUT2D eigenvalue weighted by molar-refractivity contribution is 7.08. The van der Waals surface area contributed by atoms with Crippen molar-refractivity contribution in [1.82, 2.24) is 35.1 Å². The van der Waals surface area contributed by atoms with Gasteiger partial charge in [0.15, 0.2) is 5.82 Å². The lowest BCUT2D eigenvalue weighted by atomic mass is 10.1. The lowest BCUT2D eigenvalue weighted by Crippen LogP contribution is -1.86. The van der Waals surface area contributed by atoms with Crippen molar-refractivity contribution in [3.05, 3.63) is 65.9 Å². The van der Waals surface area contributed by atoms with Crippen LogP contribution in [0.25, 0.3) is 56.0 Å². The van der Waals surface area contributed by atoms with E-state index in [9.17, 15) is 0 Å². The van der Waals surface area contributed by atoms with Crippen LogP contribution in [0.1, 0.15) is 0 Å². The molecular formula is C21H13N7S. The van der Waals surface area contributed by atoms with E-state index in [0.29, 0.717) is 5.82 Å². The Morgan fingerprint density at radius 2 is 1.90 bits per heavy atom. The highest BCUT2D eigenvalue weighted by atomic mass is 32.1. The molecule has 0 spiro atoms. The number of pyridine rings is 3. The second-order valence-corrected chi connectivity index (χ2v) is 7.36. The minimum Gasteiger partial charge on any atom is -0.336 e. The molecule has 2 N–H and O–H groups in total. The quantitative estimate of drug-likeness (QED) is 0.453. The van der Waals surface area contributed by atoms with E-state index in [1.54, 1.807) is 36.1 Å². The van der Waals surface area contributed by atoms with E-state index in [-0.39, 0.29) is 0 Å². The second kappa shape index (κ2) is 6.32.